The molecule has 69 valence electrons. The topological polar surface area (TPSA) is 78.1 Å². The first-order chi connectivity index (χ1) is 5.50. The van der Waals surface area contributed by atoms with Crippen LogP contribution in [-0.4, -0.2) is 21.1 Å². The van der Waals surface area contributed by atoms with Gasteiger partial charge >= 0.3 is 0 Å². The molecule has 0 aromatic carbocycles. The van der Waals surface area contributed by atoms with E-state index in [1.807, 2.05) is 30.7 Å². The predicted octanol–water partition coefficient (Wildman–Crippen LogP) is 0.0389. The fourth-order valence-electron chi connectivity index (χ4n) is 0.321. The van der Waals surface area contributed by atoms with Gasteiger partial charge in [0, 0.05) is 25.9 Å². The Labute approximate surface area is 88.8 Å². The summed E-state index contributed by atoms with van der Waals surface area (Å²) in [6.07, 6.45) is 10.0. The molecule has 0 amide bonds. The molecule has 0 aliphatic heterocycles. The summed E-state index contributed by atoms with van der Waals surface area (Å²) < 4.78 is 0. The van der Waals surface area contributed by atoms with Crippen LogP contribution in [0.15, 0.2) is 24.3 Å². The smallest absolute Gasteiger partial charge is 0.00506 e. The Balaban J connectivity index is -0.0000000406. The zero-order valence-electron chi connectivity index (χ0n) is 8.33. The second kappa shape index (κ2) is 44.1. The van der Waals surface area contributed by atoms with E-state index in [-0.39, 0.29) is 19.5 Å². The number of hydrogen-bond acceptors (Lipinski definition) is 3. The Morgan fingerprint density at radius 1 is 0.583 bits per heavy atom. The summed E-state index contributed by atoms with van der Waals surface area (Å²) in [7, 11) is 4.50. The molecular formula is C8H20N3Zn. The van der Waals surface area contributed by atoms with Crippen molar-refractivity contribution in [3.8, 4) is 0 Å². The SMILES string of the molecule is CN.CN.CN.[CH]1C=CC=C1.[Zn]. The van der Waals surface area contributed by atoms with Gasteiger partial charge in [0.05, 0.1) is 0 Å². The molecule has 0 aromatic rings. The zero-order chi connectivity index (χ0) is 9.54. The first-order valence-electron chi connectivity index (χ1n) is 3.40. The fourth-order valence-corrected chi connectivity index (χ4v) is 0.321. The van der Waals surface area contributed by atoms with Crippen molar-refractivity contribution in [2.24, 2.45) is 17.2 Å². The van der Waals surface area contributed by atoms with Gasteiger partial charge in [-0.25, -0.2) is 0 Å². The summed E-state index contributed by atoms with van der Waals surface area (Å²) in [6, 6.07) is 0. The summed E-state index contributed by atoms with van der Waals surface area (Å²) in [5, 5.41) is 0. The van der Waals surface area contributed by atoms with E-state index >= 15 is 0 Å². The first-order valence-corrected chi connectivity index (χ1v) is 3.40. The third-order valence-corrected chi connectivity index (χ3v) is 0.556. The summed E-state index contributed by atoms with van der Waals surface area (Å²) >= 11 is 0. The predicted molar refractivity (Wildman–Crippen MR) is 52.9 cm³/mol. The van der Waals surface area contributed by atoms with Gasteiger partial charge in [0.15, 0.2) is 0 Å². The van der Waals surface area contributed by atoms with Gasteiger partial charge in [0.1, 0.15) is 0 Å². The van der Waals surface area contributed by atoms with Crippen molar-refractivity contribution in [1.29, 1.82) is 0 Å². The number of nitrogens with two attached hydrogens (primary N) is 3. The van der Waals surface area contributed by atoms with Gasteiger partial charge in [-0.3, -0.25) is 0 Å². The van der Waals surface area contributed by atoms with Crippen LogP contribution in [0.25, 0.3) is 0 Å². The minimum atomic E-state index is 0. The Morgan fingerprint density at radius 2 is 0.833 bits per heavy atom. The fraction of sp³-hybridized carbons (Fsp3) is 0.375. The molecule has 0 atom stereocenters. The molecule has 0 aromatic heterocycles. The van der Waals surface area contributed by atoms with Crippen molar-refractivity contribution in [1.82, 2.24) is 0 Å². The monoisotopic (exact) mass is 222 g/mol. The van der Waals surface area contributed by atoms with Crippen LogP contribution in [0.4, 0.5) is 0 Å². The van der Waals surface area contributed by atoms with Crippen LogP contribution in [0.5, 0.6) is 0 Å². The van der Waals surface area contributed by atoms with Gasteiger partial charge in [-0.15, -0.1) is 0 Å². The van der Waals surface area contributed by atoms with E-state index in [1.54, 1.807) is 0 Å². The quantitative estimate of drug-likeness (QED) is 0.508. The van der Waals surface area contributed by atoms with Gasteiger partial charge in [0.25, 0.3) is 0 Å². The Morgan fingerprint density at radius 3 is 0.917 bits per heavy atom. The molecule has 6 N–H and O–H groups in total. The van der Waals surface area contributed by atoms with Crippen LogP contribution >= 0.6 is 0 Å². The van der Waals surface area contributed by atoms with Gasteiger partial charge in [-0.2, -0.15) is 0 Å². The second-order valence-electron chi connectivity index (χ2n) is 0.962. The maximum Gasteiger partial charge on any atom is 0.00506 e. The van der Waals surface area contributed by atoms with E-state index in [0.717, 1.165) is 0 Å². The third-order valence-electron chi connectivity index (χ3n) is 0.556. The van der Waals surface area contributed by atoms with Crippen molar-refractivity contribution >= 4 is 0 Å². The molecule has 0 unspecified atom stereocenters. The Hall–Kier alpha value is -0.0166. The average molecular weight is 224 g/mol. The maximum absolute atomic E-state index is 4.50. The van der Waals surface area contributed by atoms with Gasteiger partial charge in [0.2, 0.25) is 0 Å². The molecule has 3 nitrogen and oxygen atoms in total. The maximum atomic E-state index is 4.50. The van der Waals surface area contributed by atoms with Crippen molar-refractivity contribution in [2.45, 2.75) is 0 Å². The summed E-state index contributed by atoms with van der Waals surface area (Å²) in [5.74, 6) is 0. The van der Waals surface area contributed by atoms with E-state index in [9.17, 15) is 0 Å². The van der Waals surface area contributed by atoms with Crippen molar-refractivity contribution < 1.29 is 19.5 Å². The van der Waals surface area contributed by atoms with E-state index in [2.05, 4.69) is 17.2 Å². The summed E-state index contributed by atoms with van der Waals surface area (Å²) in [6.45, 7) is 0. The molecule has 0 saturated carbocycles. The van der Waals surface area contributed by atoms with Gasteiger partial charge in [-0.05, 0) is 21.1 Å². The normalized spacial score (nSPS) is 8.83. The van der Waals surface area contributed by atoms with Crippen molar-refractivity contribution in [3.05, 3.63) is 30.7 Å². The molecule has 0 heterocycles. The number of rotatable bonds is 0. The van der Waals surface area contributed by atoms with Crippen LogP contribution in [-0.2, 0) is 19.5 Å². The molecular weight excluding hydrogens is 203 g/mol. The Kier molecular flexibility index (Phi) is 83.3. The molecule has 0 fully saturated rings. The van der Waals surface area contributed by atoms with Crippen LogP contribution < -0.4 is 17.2 Å². The number of hydrogen-bond donors (Lipinski definition) is 3. The molecule has 0 saturated heterocycles. The van der Waals surface area contributed by atoms with E-state index < -0.39 is 0 Å². The van der Waals surface area contributed by atoms with Crippen LogP contribution in [0.3, 0.4) is 0 Å². The van der Waals surface area contributed by atoms with E-state index in [4.69, 9.17) is 0 Å². The molecule has 1 aliphatic carbocycles. The molecule has 0 spiro atoms. The summed E-state index contributed by atoms with van der Waals surface area (Å²) in [4.78, 5) is 0. The van der Waals surface area contributed by atoms with Gasteiger partial charge in [-0.1, -0.05) is 24.3 Å². The minimum Gasteiger partial charge on any atom is -0.333 e. The average Bonchev–Trinajstić information content (AvgIpc) is 2.71. The standard InChI is InChI=1S/C5H5.3CH5N.Zn/c1-2-4-5-3-1;3*1-2;/h1-5H;3*2H2,1H3;. The van der Waals surface area contributed by atoms with Crippen molar-refractivity contribution in [3.63, 3.8) is 0 Å². The van der Waals surface area contributed by atoms with Crippen LogP contribution in [0.1, 0.15) is 0 Å². The van der Waals surface area contributed by atoms with Gasteiger partial charge < -0.3 is 17.2 Å². The minimum absolute atomic E-state index is 0. The van der Waals surface area contributed by atoms with Crippen molar-refractivity contribution in [2.75, 3.05) is 21.1 Å². The third kappa shape index (κ3) is 32.4. The Bertz CT molecular complexity index is 72.4. The number of allylic oxidation sites excluding steroid dienone is 4. The van der Waals surface area contributed by atoms with E-state index in [1.165, 1.54) is 21.1 Å². The molecule has 1 rings (SSSR count). The molecule has 1 radical (unpaired) electrons. The second-order valence-corrected chi connectivity index (χ2v) is 0.962. The summed E-state index contributed by atoms with van der Waals surface area (Å²) in [5.41, 5.74) is 13.5. The molecule has 1 aliphatic rings. The molecule has 12 heavy (non-hydrogen) atoms. The molecule has 4 heteroatoms. The largest absolute Gasteiger partial charge is 0.333 e. The zero-order valence-corrected chi connectivity index (χ0v) is 11.3. The first kappa shape index (κ1) is 22.7. The molecule has 0 bridgehead atoms. The van der Waals surface area contributed by atoms with Crippen LogP contribution in [0, 0.1) is 6.42 Å². The van der Waals surface area contributed by atoms with E-state index in [0.29, 0.717) is 0 Å². The van der Waals surface area contributed by atoms with Crippen LogP contribution in [0.2, 0.25) is 0 Å².